The van der Waals surface area contributed by atoms with Crippen LogP contribution in [-0.2, 0) is 6.42 Å². The van der Waals surface area contributed by atoms with Gasteiger partial charge in [0.15, 0.2) is 0 Å². The van der Waals surface area contributed by atoms with E-state index in [0.717, 1.165) is 5.82 Å². The number of hydrogen-bond acceptors (Lipinski definition) is 4. The molecular formula is C12H13ClN4O2. The van der Waals surface area contributed by atoms with Crippen molar-refractivity contribution in [1.82, 2.24) is 9.97 Å². The molecule has 0 spiro atoms. The molecule has 2 rings (SSSR count). The number of hydrogen-bond donors (Lipinski definition) is 2. The van der Waals surface area contributed by atoms with Crippen LogP contribution in [0.3, 0.4) is 0 Å². The van der Waals surface area contributed by atoms with E-state index in [9.17, 15) is 10.1 Å². The Morgan fingerprint density at radius 1 is 1.58 bits per heavy atom. The fraction of sp³-hybridized carbons (Fsp3) is 0.250. The minimum Gasteiger partial charge on any atom is -0.342 e. The Labute approximate surface area is 114 Å². The second kappa shape index (κ2) is 5.38. The van der Waals surface area contributed by atoms with E-state index in [-0.39, 0.29) is 16.8 Å². The van der Waals surface area contributed by atoms with E-state index in [1.54, 1.807) is 12.3 Å². The summed E-state index contributed by atoms with van der Waals surface area (Å²) in [5.74, 6) is 0.752. The average Bonchev–Trinajstić information content (AvgIpc) is 2.76. The molecule has 1 aromatic carbocycles. The third kappa shape index (κ3) is 3.10. The Bertz CT molecular complexity index is 610. The lowest BCUT2D eigenvalue weighted by Gasteiger charge is -2.01. The first-order valence-corrected chi connectivity index (χ1v) is 6.09. The highest BCUT2D eigenvalue weighted by atomic mass is 35.5. The van der Waals surface area contributed by atoms with Crippen molar-refractivity contribution in [3.05, 3.63) is 45.4 Å². The van der Waals surface area contributed by atoms with Crippen LogP contribution in [0, 0.1) is 10.1 Å². The van der Waals surface area contributed by atoms with Gasteiger partial charge in [0.2, 0.25) is 0 Å². The summed E-state index contributed by atoms with van der Waals surface area (Å²) in [6.45, 7) is 1.88. The van der Waals surface area contributed by atoms with Crippen LogP contribution in [0.1, 0.15) is 12.7 Å². The van der Waals surface area contributed by atoms with Gasteiger partial charge in [-0.05, 0) is 13.0 Å². The summed E-state index contributed by atoms with van der Waals surface area (Å²) in [6.07, 6.45) is 2.25. The summed E-state index contributed by atoms with van der Waals surface area (Å²) in [5.41, 5.74) is 6.94. The molecule has 2 aromatic rings. The summed E-state index contributed by atoms with van der Waals surface area (Å²) < 4.78 is 0. The van der Waals surface area contributed by atoms with Crippen molar-refractivity contribution in [2.24, 2.45) is 5.73 Å². The highest BCUT2D eigenvalue weighted by molar-refractivity contribution is 6.32. The minimum absolute atomic E-state index is 0.00134. The number of H-pyrrole nitrogens is 1. The van der Waals surface area contributed by atoms with Crippen LogP contribution in [0.25, 0.3) is 11.3 Å². The molecule has 0 aliphatic heterocycles. The number of aromatic nitrogens is 2. The highest BCUT2D eigenvalue weighted by Gasteiger charge is 2.14. The van der Waals surface area contributed by atoms with Crippen molar-refractivity contribution in [2.45, 2.75) is 19.4 Å². The molecular weight excluding hydrogens is 268 g/mol. The first-order chi connectivity index (χ1) is 8.97. The molecule has 6 nitrogen and oxygen atoms in total. The normalized spacial score (nSPS) is 12.4. The summed E-state index contributed by atoms with van der Waals surface area (Å²) in [6, 6.07) is 4.63. The monoisotopic (exact) mass is 280 g/mol. The minimum atomic E-state index is -0.509. The predicted molar refractivity (Wildman–Crippen MR) is 73.0 cm³/mol. The van der Waals surface area contributed by atoms with Crippen molar-refractivity contribution in [3.8, 4) is 11.3 Å². The van der Waals surface area contributed by atoms with Crippen LogP contribution in [0.15, 0.2) is 24.4 Å². The second-order valence-corrected chi connectivity index (χ2v) is 4.76. The summed E-state index contributed by atoms with van der Waals surface area (Å²) in [4.78, 5) is 17.6. The number of nitro benzene ring substituents is 1. The SMILES string of the molecule is CC(N)Cc1ncc(-c2ccc(Cl)c([N+](=O)[O-])c2)[nH]1. The van der Waals surface area contributed by atoms with Gasteiger partial charge in [0.1, 0.15) is 10.8 Å². The third-order valence-electron chi connectivity index (χ3n) is 2.60. The zero-order valence-electron chi connectivity index (χ0n) is 10.3. The molecule has 1 heterocycles. The Kier molecular flexibility index (Phi) is 3.82. The molecule has 0 saturated heterocycles. The van der Waals surface area contributed by atoms with Gasteiger partial charge in [0, 0.05) is 24.1 Å². The Morgan fingerprint density at radius 2 is 2.32 bits per heavy atom. The number of rotatable bonds is 4. The highest BCUT2D eigenvalue weighted by Crippen LogP contribution is 2.29. The van der Waals surface area contributed by atoms with Gasteiger partial charge >= 0.3 is 0 Å². The number of nitrogens with one attached hydrogen (secondary N) is 1. The summed E-state index contributed by atoms with van der Waals surface area (Å²) >= 11 is 5.77. The molecule has 3 N–H and O–H groups in total. The largest absolute Gasteiger partial charge is 0.342 e. The fourth-order valence-corrected chi connectivity index (χ4v) is 1.92. The van der Waals surface area contributed by atoms with Crippen LogP contribution < -0.4 is 5.73 Å². The van der Waals surface area contributed by atoms with Gasteiger partial charge < -0.3 is 10.7 Å². The number of imidazole rings is 1. The Morgan fingerprint density at radius 3 is 2.95 bits per heavy atom. The Balaban J connectivity index is 2.34. The smallest absolute Gasteiger partial charge is 0.288 e. The fourth-order valence-electron chi connectivity index (χ4n) is 1.74. The molecule has 1 atom stereocenters. The predicted octanol–water partition coefficient (Wildman–Crippen LogP) is 2.53. The molecule has 0 fully saturated rings. The zero-order valence-corrected chi connectivity index (χ0v) is 11.0. The number of nitrogens with zero attached hydrogens (tertiary/aromatic N) is 2. The van der Waals surface area contributed by atoms with Crippen molar-refractivity contribution >= 4 is 17.3 Å². The molecule has 0 saturated carbocycles. The first-order valence-electron chi connectivity index (χ1n) is 5.71. The maximum absolute atomic E-state index is 10.8. The van der Waals surface area contributed by atoms with Gasteiger partial charge in [-0.3, -0.25) is 10.1 Å². The lowest BCUT2D eigenvalue weighted by molar-refractivity contribution is -0.384. The molecule has 1 unspecified atom stereocenters. The molecule has 0 aliphatic carbocycles. The quantitative estimate of drug-likeness (QED) is 0.664. The maximum atomic E-state index is 10.8. The standard InChI is InChI=1S/C12H13ClN4O2/c1-7(14)4-12-15-6-10(16-12)8-2-3-9(13)11(5-8)17(18)19/h2-3,5-7H,4,14H2,1H3,(H,15,16). The van der Waals surface area contributed by atoms with Gasteiger partial charge in [-0.15, -0.1) is 0 Å². The van der Waals surface area contributed by atoms with Gasteiger partial charge in [-0.1, -0.05) is 17.7 Å². The van der Waals surface area contributed by atoms with Gasteiger partial charge in [-0.25, -0.2) is 4.98 Å². The molecule has 1 aromatic heterocycles. The van der Waals surface area contributed by atoms with Crippen LogP contribution in [0.5, 0.6) is 0 Å². The number of halogens is 1. The molecule has 0 aliphatic rings. The molecule has 0 amide bonds. The van der Waals surface area contributed by atoms with Crippen molar-refractivity contribution < 1.29 is 4.92 Å². The van der Waals surface area contributed by atoms with Crippen LogP contribution in [0.2, 0.25) is 5.02 Å². The topological polar surface area (TPSA) is 97.8 Å². The average molecular weight is 281 g/mol. The molecule has 100 valence electrons. The number of aromatic amines is 1. The van der Waals surface area contributed by atoms with E-state index in [1.807, 2.05) is 6.92 Å². The maximum Gasteiger partial charge on any atom is 0.288 e. The van der Waals surface area contributed by atoms with Gasteiger partial charge in [0.25, 0.3) is 5.69 Å². The Hall–Kier alpha value is -1.92. The summed E-state index contributed by atoms with van der Waals surface area (Å²) in [7, 11) is 0. The lowest BCUT2D eigenvalue weighted by Crippen LogP contribution is -2.18. The molecule has 19 heavy (non-hydrogen) atoms. The molecule has 0 radical (unpaired) electrons. The second-order valence-electron chi connectivity index (χ2n) is 4.35. The van der Waals surface area contributed by atoms with Crippen LogP contribution >= 0.6 is 11.6 Å². The van der Waals surface area contributed by atoms with E-state index in [4.69, 9.17) is 17.3 Å². The molecule has 7 heteroatoms. The van der Waals surface area contributed by atoms with Gasteiger partial charge in [0.05, 0.1) is 16.8 Å². The number of benzene rings is 1. The van der Waals surface area contributed by atoms with E-state index in [1.165, 1.54) is 12.1 Å². The lowest BCUT2D eigenvalue weighted by atomic mass is 10.1. The van der Waals surface area contributed by atoms with Gasteiger partial charge in [-0.2, -0.15) is 0 Å². The van der Waals surface area contributed by atoms with Crippen molar-refractivity contribution in [3.63, 3.8) is 0 Å². The first kappa shape index (κ1) is 13.5. The number of nitro groups is 1. The van der Waals surface area contributed by atoms with E-state index < -0.39 is 4.92 Å². The van der Waals surface area contributed by atoms with Crippen molar-refractivity contribution in [1.29, 1.82) is 0 Å². The molecule has 0 bridgehead atoms. The van der Waals surface area contributed by atoms with E-state index in [0.29, 0.717) is 17.7 Å². The third-order valence-corrected chi connectivity index (χ3v) is 2.92. The zero-order chi connectivity index (χ0) is 14.0. The van der Waals surface area contributed by atoms with Crippen molar-refractivity contribution in [2.75, 3.05) is 0 Å². The van der Waals surface area contributed by atoms with Crippen LogP contribution in [0.4, 0.5) is 5.69 Å². The number of nitrogens with two attached hydrogens (primary N) is 1. The van der Waals surface area contributed by atoms with E-state index in [2.05, 4.69) is 9.97 Å². The summed E-state index contributed by atoms with van der Waals surface area (Å²) in [5, 5.41) is 10.9. The van der Waals surface area contributed by atoms with Crippen LogP contribution in [-0.4, -0.2) is 20.9 Å². The van der Waals surface area contributed by atoms with E-state index >= 15 is 0 Å².